The maximum atomic E-state index is 12.4. The molecule has 1 saturated heterocycles. The highest BCUT2D eigenvalue weighted by molar-refractivity contribution is 7.06. The summed E-state index contributed by atoms with van der Waals surface area (Å²) in [6.45, 7) is 6.58. The number of carbonyl (C=O) groups excluding carboxylic acids is 3. The van der Waals surface area contributed by atoms with E-state index in [1.54, 1.807) is 20.8 Å². The Labute approximate surface area is 114 Å². The van der Waals surface area contributed by atoms with Gasteiger partial charge in [-0.2, -0.15) is 0 Å². The molecule has 4 amide bonds. The predicted octanol–water partition coefficient (Wildman–Crippen LogP) is 1.19. The number of hydrogen-bond acceptors (Lipinski definition) is 6. The second-order valence-corrected chi connectivity index (χ2v) is 5.65. The van der Waals surface area contributed by atoms with Crippen molar-refractivity contribution in [3.63, 3.8) is 0 Å². The fraction of sp³-hybridized carbons (Fsp3) is 0.545. The van der Waals surface area contributed by atoms with E-state index < -0.39 is 23.9 Å². The molecule has 0 spiro atoms. The SMILES string of the molecule is CC(=O)N1C(=O)N(c2nnsc2C)C(=O)C1C(C)C. The number of amides is 4. The lowest BCUT2D eigenvalue weighted by Gasteiger charge is -2.20. The number of aromatic nitrogens is 2. The highest BCUT2D eigenvalue weighted by Crippen LogP contribution is 2.30. The minimum Gasteiger partial charge on any atom is -0.275 e. The molecule has 2 rings (SSSR count). The van der Waals surface area contributed by atoms with Crippen molar-refractivity contribution in [2.45, 2.75) is 33.7 Å². The smallest absolute Gasteiger partial charge is 0.275 e. The summed E-state index contributed by atoms with van der Waals surface area (Å²) in [5, 5.41) is 3.80. The third-order valence-corrected chi connectivity index (χ3v) is 3.58. The van der Waals surface area contributed by atoms with E-state index >= 15 is 0 Å². The van der Waals surface area contributed by atoms with Gasteiger partial charge >= 0.3 is 6.03 Å². The Morgan fingerprint density at radius 1 is 1.37 bits per heavy atom. The topological polar surface area (TPSA) is 83.5 Å². The molecule has 102 valence electrons. The van der Waals surface area contributed by atoms with E-state index in [9.17, 15) is 14.4 Å². The summed E-state index contributed by atoms with van der Waals surface area (Å²) in [7, 11) is 0. The van der Waals surface area contributed by atoms with Gasteiger partial charge in [-0.3, -0.25) is 14.5 Å². The molecule has 0 saturated carbocycles. The van der Waals surface area contributed by atoms with Crippen LogP contribution < -0.4 is 4.90 Å². The molecule has 1 aromatic rings. The molecule has 7 nitrogen and oxygen atoms in total. The van der Waals surface area contributed by atoms with Crippen molar-refractivity contribution >= 4 is 35.2 Å². The van der Waals surface area contributed by atoms with Gasteiger partial charge in [0.15, 0.2) is 5.82 Å². The van der Waals surface area contributed by atoms with Crippen molar-refractivity contribution < 1.29 is 14.4 Å². The maximum Gasteiger partial charge on any atom is 0.340 e. The van der Waals surface area contributed by atoms with E-state index in [4.69, 9.17) is 0 Å². The number of aryl methyl sites for hydroxylation is 1. The van der Waals surface area contributed by atoms with Crippen LogP contribution in [0.5, 0.6) is 0 Å². The molecule has 8 heteroatoms. The quantitative estimate of drug-likeness (QED) is 0.761. The number of nitrogens with zero attached hydrogens (tertiary/aromatic N) is 4. The van der Waals surface area contributed by atoms with Gasteiger partial charge in [0.05, 0.1) is 4.88 Å². The molecule has 1 fully saturated rings. The van der Waals surface area contributed by atoms with Gasteiger partial charge in [0.2, 0.25) is 5.91 Å². The van der Waals surface area contributed by atoms with E-state index in [0.717, 1.165) is 21.3 Å². The monoisotopic (exact) mass is 282 g/mol. The molecule has 0 aromatic carbocycles. The van der Waals surface area contributed by atoms with E-state index in [2.05, 4.69) is 9.59 Å². The molecular formula is C11H14N4O3S. The molecule has 1 aliphatic heterocycles. The normalized spacial score (nSPS) is 19.7. The van der Waals surface area contributed by atoms with Crippen LogP contribution in [-0.2, 0) is 9.59 Å². The van der Waals surface area contributed by atoms with Gasteiger partial charge < -0.3 is 0 Å². The molecule has 1 aromatic heterocycles. The van der Waals surface area contributed by atoms with Crippen molar-refractivity contribution in [3.8, 4) is 0 Å². The minimum absolute atomic E-state index is 0.155. The lowest BCUT2D eigenvalue weighted by atomic mass is 10.0. The molecule has 0 radical (unpaired) electrons. The summed E-state index contributed by atoms with van der Waals surface area (Å²) in [6, 6.07) is -1.42. The first-order valence-electron chi connectivity index (χ1n) is 5.83. The Morgan fingerprint density at radius 3 is 2.37 bits per heavy atom. The Kier molecular flexibility index (Phi) is 3.36. The lowest BCUT2D eigenvalue weighted by molar-refractivity contribution is -0.132. The number of hydrogen-bond donors (Lipinski definition) is 0. The third kappa shape index (κ3) is 2.01. The van der Waals surface area contributed by atoms with Gasteiger partial charge in [-0.25, -0.2) is 9.69 Å². The molecule has 1 atom stereocenters. The van der Waals surface area contributed by atoms with Gasteiger partial charge in [0.25, 0.3) is 5.91 Å². The highest BCUT2D eigenvalue weighted by atomic mass is 32.1. The first kappa shape index (κ1) is 13.6. The van der Waals surface area contributed by atoms with E-state index in [1.807, 2.05) is 0 Å². The van der Waals surface area contributed by atoms with Crippen molar-refractivity contribution in [1.29, 1.82) is 0 Å². The lowest BCUT2D eigenvalue weighted by Crippen LogP contribution is -2.41. The number of imide groups is 2. The van der Waals surface area contributed by atoms with Crippen LogP contribution in [0.15, 0.2) is 0 Å². The minimum atomic E-state index is -0.772. The molecule has 1 aliphatic rings. The summed E-state index contributed by atoms with van der Waals surface area (Å²) in [5.41, 5.74) is 0. The van der Waals surface area contributed by atoms with Gasteiger partial charge in [0, 0.05) is 6.92 Å². The second-order valence-electron chi connectivity index (χ2n) is 4.69. The van der Waals surface area contributed by atoms with E-state index in [0.29, 0.717) is 4.88 Å². The second kappa shape index (κ2) is 4.69. The summed E-state index contributed by atoms with van der Waals surface area (Å²) in [4.78, 5) is 38.9. The molecule has 19 heavy (non-hydrogen) atoms. The van der Waals surface area contributed by atoms with Crippen molar-refractivity contribution in [3.05, 3.63) is 4.88 Å². The van der Waals surface area contributed by atoms with Crippen molar-refractivity contribution in [1.82, 2.24) is 14.5 Å². The number of anilines is 1. The highest BCUT2D eigenvalue weighted by Gasteiger charge is 2.50. The van der Waals surface area contributed by atoms with Crippen molar-refractivity contribution in [2.75, 3.05) is 4.90 Å². The molecular weight excluding hydrogens is 268 g/mol. The zero-order chi connectivity index (χ0) is 14.3. The standard InChI is InChI=1S/C11H14N4O3S/c1-5(2)8-10(17)15(9-6(3)19-13-12-9)11(18)14(8)7(4)16/h5,8H,1-4H3. The Hall–Kier alpha value is -1.83. The zero-order valence-electron chi connectivity index (χ0n) is 11.1. The Bertz CT molecular complexity index is 554. The number of rotatable bonds is 2. The van der Waals surface area contributed by atoms with Crippen molar-refractivity contribution in [2.24, 2.45) is 5.92 Å². The summed E-state index contributed by atoms with van der Waals surface area (Å²) in [6.07, 6.45) is 0. The van der Waals surface area contributed by atoms with E-state index in [1.165, 1.54) is 6.92 Å². The number of urea groups is 1. The molecule has 0 bridgehead atoms. The maximum absolute atomic E-state index is 12.4. The van der Waals surface area contributed by atoms with Crippen LogP contribution in [0.1, 0.15) is 25.6 Å². The van der Waals surface area contributed by atoms with Gasteiger partial charge in [-0.05, 0) is 24.4 Å². The van der Waals surface area contributed by atoms with Crippen LogP contribution in [-0.4, -0.2) is 38.4 Å². The van der Waals surface area contributed by atoms with Crippen LogP contribution >= 0.6 is 11.5 Å². The molecule has 0 N–H and O–H groups in total. The summed E-state index contributed by atoms with van der Waals surface area (Å²) < 4.78 is 3.72. The Balaban J connectivity index is 2.48. The van der Waals surface area contributed by atoms with Crippen LogP contribution in [0.25, 0.3) is 0 Å². The van der Waals surface area contributed by atoms with Gasteiger partial charge in [0.1, 0.15) is 6.04 Å². The van der Waals surface area contributed by atoms with Gasteiger partial charge in [-0.1, -0.05) is 18.3 Å². The van der Waals surface area contributed by atoms with Gasteiger partial charge in [-0.15, -0.1) is 5.10 Å². The number of carbonyl (C=O) groups is 3. The molecule has 2 heterocycles. The fourth-order valence-electron chi connectivity index (χ4n) is 2.11. The summed E-state index contributed by atoms with van der Waals surface area (Å²) in [5.74, 6) is -0.807. The Morgan fingerprint density at radius 2 is 2.00 bits per heavy atom. The largest absolute Gasteiger partial charge is 0.340 e. The molecule has 0 aliphatic carbocycles. The average molecular weight is 282 g/mol. The fourth-order valence-corrected chi connectivity index (χ4v) is 2.56. The first-order valence-corrected chi connectivity index (χ1v) is 6.60. The predicted molar refractivity (Wildman–Crippen MR) is 68.7 cm³/mol. The zero-order valence-corrected chi connectivity index (χ0v) is 11.9. The first-order chi connectivity index (χ1) is 8.86. The third-order valence-electron chi connectivity index (χ3n) is 2.96. The summed E-state index contributed by atoms with van der Waals surface area (Å²) >= 11 is 1.10. The van der Waals surface area contributed by atoms with Crippen LogP contribution in [0.2, 0.25) is 0 Å². The average Bonchev–Trinajstić information content (AvgIpc) is 2.80. The van der Waals surface area contributed by atoms with Crippen LogP contribution in [0, 0.1) is 12.8 Å². The molecule has 1 unspecified atom stereocenters. The van der Waals surface area contributed by atoms with E-state index in [-0.39, 0.29) is 11.7 Å². The van der Waals surface area contributed by atoms with Crippen LogP contribution in [0.3, 0.4) is 0 Å². The van der Waals surface area contributed by atoms with Crippen LogP contribution in [0.4, 0.5) is 10.6 Å².